The van der Waals surface area contributed by atoms with E-state index in [1.165, 1.54) is 0 Å². The minimum absolute atomic E-state index is 0.0283. The molecular weight excluding hydrogens is 226 g/mol. The first-order chi connectivity index (χ1) is 8.49. The average Bonchev–Trinajstić information content (AvgIpc) is 2.60. The highest BCUT2D eigenvalue weighted by Crippen LogP contribution is 2.29. The number of rotatable bonds is 3. The maximum absolute atomic E-state index is 9.97. The van der Waals surface area contributed by atoms with Crippen molar-refractivity contribution in [1.29, 1.82) is 0 Å². The van der Waals surface area contributed by atoms with Crippen LogP contribution in [0.25, 0.3) is 0 Å². The molecule has 0 aliphatic carbocycles. The molecule has 0 saturated heterocycles. The lowest BCUT2D eigenvalue weighted by atomic mass is 10.0. The maximum Gasteiger partial charge on any atom is 0.121 e. The molecule has 1 heterocycles. The topological polar surface area (TPSA) is 60.9 Å². The lowest BCUT2D eigenvalue weighted by Crippen LogP contribution is -2.08. The van der Waals surface area contributed by atoms with E-state index in [1.807, 2.05) is 39.8 Å². The zero-order valence-electron chi connectivity index (χ0n) is 11.2. The minimum atomic E-state index is 0.0283. The van der Waals surface area contributed by atoms with Crippen LogP contribution in [0, 0.1) is 20.8 Å². The Bertz CT molecular complexity index is 541. The first kappa shape index (κ1) is 12.5. The third-order valence-corrected chi connectivity index (χ3v) is 3.14. The molecule has 96 valence electrons. The van der Waals surface area contributed by atoms with Crippen LogP contribution in [0.4, 0.5) is 5.69 Å². The highest BCUT2D eigenvalue weighted by atomic mass is 16.3. The van der Waals surface area contributed by atoms with E-state index in [9.17, 15) is 5.11 Å². The normalized spacial score (nSPS) is 12.4. The number of aryl methyl sites for hydroxylation is 3. The molecular formula is C14H19N3O. The summed E-state index contributed by atoms with van der Waals surface area (Å²) >= 11 is 0. The van der Waals surface area contributed by atoms with Gasteiger partial charge in [-0.25, -0.2) is 0 Å². The smallest absolute Gasteiger partial charge is 0.121 e. The molecule has 1 aromatic carbocycles. The summed E-state index contributed by atoms with van der Waals surface area (Å²) in [5, 5.41) is 20.4. The van der Waals surface area contributed by atoms with E-state index >= 15 is 0 Å². The Kier molecular flexibility index (Phi) is 3.28. The second kappa shape index (κ2) is 4.72. The van der Waals surface area contributed by atoms with Gasteiger partial charge in [-0.15, -0.1) is 0 Å². The van der Waals surface area contributed by atoms with Crippen LogP contribution in [0.3, 0.4) is 0 Å². The predicted octanol–water partition coefficient (Wildman–Crippen LogP) is 3.21. The Morgan fingerprint density at radius 1 is 1.28 bits per heavy atom. The number of anilines is 1. The highest BCUT2D eigenvalue weighted by molar-refractivity contribution is 5.54. The van der Waals surface area contributed by atoms with Crippen LogP contribution in [0.15, 0.2) is 18.2 Å². The second-order valence-corrected chi connectivity index (χ2v) is 4.74. The molecule has 0 spiro atoms. The van der Waals surface area contributed by atoms with E-state index in [4.69, 9.17) is 0 Å². The van der Waals surface area contributed by atoms with Gasteiger partial charge >= 0.3 is 0 Å². The number of benzene rings is 1. The number of phenolic OH excluding ortho intramolecular Hbond substituents is 1. The van der Waals surface area contributed by atoms with Gasteiger partial charge in [-0.05, 0) is 39.3 Å². The number of H-pyrrole nitrogens is 1. The number of nitrogens with zero attached hydrogens (tertiary/aromatic N) is 1. The largest absolute Gasteiger partial charge is 0.508 e. The number of aromatic amines is 1. The van der Waals surface area contributed by atoms with Gasteiger partial charge in [-0.3, -0.25) is 5.10 Å². The van der Waals surface area contributed by atoms with Gasteiger partial charge in [-0.2, -0.15) is 5.10 Å². The van der Waals surface area contributed by atoms with Gasteiger partial charge < -0.3 is 10.4 Å². The zero-order chi connectivity index (χ0) is 13.3. The van der Waals surface area contributed by atoms with Gasteiger partial charge in [0.1, 0.15) is 5.75 Å². The Morgan fingerprint density at radius 3 is 2.56 bits per heavy atom. The average molecular weight is 245 g/mol. The summed E-state index contributed by atoms with van der Waals surface area (Å²) in [6.45, 7) is 7.92. The molecule has 4 nitrogen and oxygen atoms in total. The molecule has 1 unspecified atom stereocenters. The lowest BCUT2D eigenvalue weighted by molar-refractivity contribution is 0.465. The fraction of sp³-hybridized carbons (Fsp3) is 0.357. The van der Waals surface area contributed by atoms with Crippen molar-refractivity contribution in [3.8, 4) is 5.75 Å². The van der Waals surface area contributed by atoms with Crippen molar-refractivity contribution in [3.05, 3.63) is 40.7 Å². The Morgan fingerprint density at radius 2 is 2.00 bits per heavy atom. The van der Waals surface area contributed by atoms with Crippen LogP contribution >= 0.6 is 0 Å². The summed E-state index contributed by atoms with van der Waals surface area (Å²) in [7, 11) is 0. The van der Waals surface area contributed by atoms with Crippen LogP contribution in [-0.2, 0) is 0 Å². The van der Waals surface area contributed by atoms with E-state index in [2.05, 4.69) is 15.5 Å². The molecule has 4 heteroatoms. The fourth-order valence-electron chi connectivity index (χ4n) is 2.08. The van der Waals surface area contributed by atoms with Crippen molar-refractivity contribution in [2.45, 2.75) is 33.7 Å². The predicted molar refractivity (Wildman–Crippen MR) is 72.9 cm³/mol. The van der Waals surface area contributed by atoms with Crippen LogP contribution < -0.4 is 5.32 Å². The number of aromatic hydroxyl groups is 1. The Labute approximate surface area is 107 Å². The van der Waals surface area contributed by atoms with Gasteiger partial charge in [0.25, 0.3) is 0 Å². The van der Waals surface area contributed by atoms with Gasteiger partial charge in [0.2, 0.25) is 0 Å². The van der Waals surface area contributed by atoms with Crippen molar-refractivity contribution < 1.29 is 5.11 Å². The number of aromatic nitrogens is 2. The molecule has 2 rings (SSSR count). The highest BCUT2D eigenvalue weighted by Gasteiger charge is 2.13. The van der Waals surface area contributed by atoms with E-state index in [1.54, 1.807) is 6.07 Å². The molecule has 0 aliphatic rings. The van der Waals surface area contributed by atoms with Gasteiger partial charge in [0, 0.05) is 5.56 Å². The van der Waals surface area contributed by atoms with Crippen molar-refractivity contribution in [2.24, 2.45) is 0 Å². The molecule has 18 heavy (non-hydrogen) atoms. The third-order valence-electron chi connectivity index (χ3n) is 3.14. The van der Waals surface area contributed by atoms with Crippen molar-refractivity contribution in [2.75, 3.05) is 5.32 Å². The molecule has 3 N–H and O–H groups in total. The quantitative estimate of drug-likeness (QED) is 0.778. The summed E-state index contributed by atoms with van der Waals surface area (Å²) in [5.74, 6) is 0.328. The molecule has 1 aromatic heterocycles. The zero-order valence-corrected chi connectivity index (χ0v) is 11.2. The first-order valence-electron chi connectivity index (χ1n) is 6.06. The molecule has 0 fully saturated rings. The molecule has 0 radical (unpaired) electrons. The molecule has 0 saturated carbocycles. The first-order valence-corrected chi connectivity index (χ1v) is 6.06. The molecule has 0 aliphatic heterocycles. The van der Waals surface area contributed by atoms with Gasteiger partial charge in [0.15, 0.2) is 0 Å². The molecule has 0 amide bonds. The van der Waals surface area contributed by atoms with E-state index in [0.717, 1.165) is 28.2 Å². The van der Waals surface area contributed by atoms with E-state index in [0.29, 0.717) is 5.75 Å². The Hall–Kier alpha value is -1.97. The summed E-state index contributed by atoms with van der Waals surface area (Å²) in [4.78, 5) is 0. The summed E-state index contributed by atoms with van der Waals surface area (Å²) in [5.41, 5.74) is 4.89. The van der Waals surface area contributed by atoms with Crippen molar-refractivity contribution in [3.63, 3.8) is 0 Å². The summed E-state index contributed by atoms with van der Waals surface area (Å²) in [6.07, 6.45) is 0. The van der Waals surface area contributed by atoms with Crippen LogP contribution in [0.2, 0.25) is 0 Å². The molecule has 1 atom stereocenters. The molecule has 0 bridgehead atoms. The van der Waals surface area contributed by atoms with Crippen LogP contribution in [0.1, 0.15) is 35.5 Å². The number of hydrogen-bond acceptors (Lipinski definition) is 3. The number of nitrogens with one attached hydrogen (secondary N) is 2. The summed E-state index contributed by atoms with van der Waals surface area (Å²) in [6, 6.07) is 5.76. The standard InChI is InChI=1S/C14H19N3O/c1-8-5-6-12(13(18)7-8)9(2)15-14-10(3)16-17-11(14)4/h5-7,9,15,18H,1-4H3,(H,16,17). The number of phenols is 1. The van der Waals surface area contributed by atoms with E-state index in [-0.39, 0.29) is 6.04 Å². The molecule has 2 aromatic rings. The fourth-order valence-corrected chi connectivity index (χ4v) is 2.08. The van der Waals surface area contributed by atoms with Crippen LogP contribution in [-0.4, -0.2) is 15.3 Å². The van der Waals surface area contributed by atoms with Crippen LogP contribution in [0.5, 0.6) is 5.75 Å². The number of hydrogen-bond donors (Lipinski definition) is 3. The second-order valence-electron chi connectivity index (χ2n) is 4.74. The monoisotopic (exact) mass is 245 g/mol. The van der Waals surface area contributed by atoms with Crippen molar-refractivity contribution in [1.82, 2.24) is 10.2 Å². The van der Waals surface area contributed by atoms with Crippen molar-refractivity contribution >= 4 is 5.69 Å². The maximum atomic E-state index is 9.97. The van der Waals surface area contributed by atoms with Gasteiger partial charge in [-0.1, -0.05) is 12.1 Å². The minimum Gasteiger partial charge on any atom is -0.508 e. The SMILES string of the molecule is Cc1ccc(C(C)Nc2c(C)n[nH]c2C)c(O)c1. The van der Waals surface area contributed by atoms with Gasteiger partial charge in [0.05, 0.1) is 23.1 Å². The van der Waals surface area contributed by atoms with E-state index < -0.39 is 0 Å². The summed E-state index contributed by atoms with van der Waals surface area (Å²) < 4.78 is 0. The Balaban J connectivity index is 2.24. The third kappa shape index (κ3) is 2.32. The lowest BCUT2D eigenvalue weighted by Gasteiger charge is -2.17.